The summed E-state index contributed by atoms with van der Waals surface area (Å²) in [6.07, 6.45) is 4.02. The van der Waals surface area contributed by atoms with Crippen LogP contribution in [-0.2, 0) is 11.8 Å². The minimum absolute atomic E-state index is 0.176. The van der Waals surface area contributed by atoms with Crippen LogP contribution in [0.4, 0.5) is 0 Å². The van der Waals surface area contributed by atoms with Gasteiger partial charge in [-0.05, 0) is 25.0 Å². The molecule has 0 saturated carbocycles. The second-order valence-electron chi connectivity index (χ2n) is 4.86. The largest absolute Gasteiger partial charge is 0.383 e. The zero-order chi connectivity index (χ0) is 14.3. The van der Waals surface area contributed by atoms with Crippen molar-refractivity contribution < 1.29 is 9.53 Å². The number of aromatic nitrogens is 1. The van der Waals surface area contributed by atoms with E-state index in [-0.39, 0.29) is 5.78 Å². The van der Waals surface area contributed by atoms with Gasteiger partial charge in [-0.3, -0.25) is 9.69 Å². The van der Waals surface area contributed by atoms with Gasteiger partial charge in [0.25, 0.3) is 0 Å². The van der Waals surface area contributed by atoms with Crippen molar-refractivity contribution in [1.29, 1.82) is 0 Å². The molecule has 1 aromatic heterocycles. The van der Waals surface area contributed by atoms with E-state index < -0.39 is 0 Å². The summed E-state index contributed by atoms with van der Waals surface area (Å²) in [4.78, 5) is 14.6. The minimum atomic E-state index is 0.176. The van der Waals surface area contributed by atoms with E-state index in [0.717, 1.165) is 25.1 Å². The van der Waals surface area contributed by atoms with E-state index in [2.05, 4.69) is 18.7 Å². The summed E-state index contributed by atoms with van der Waals surface area (Å²) in [7, 11) is 3.61. The predicted octanol–water partition coefficient (Wildman–Crippen LogP) is 2.34. The molecule has 0 aromatic carbocycles. The lowest BCUT2D eigenvalue weighted by Crippen LogP contribution is -2.40. The lowest BCUT2D eigenvalue weighted by molar-refractivity contribution is 0.0804. The van der Waals surface area contributed by atoms with Crippen LogP contribution in [0.25, 0.3) is 0 Å². The monoisotopic (exact) mass is 266 g/mol. The van der Waals surface area contributed by atoms with Crippen LogP contribution in [0.3, 0.4) is 0 Å². The first-order valence-electron chi connectivity index (χ1n) is 7.01. The molecule has 0 saturated heterocycles. The Morgan fingerprint density at radius 1 is 1.42 bits per heavy atom. The molecule has 1 heterocycles. The maximum Gasteiger partial charge on any atom is 0.193 e. The lowest BCUT2D eigenvalue weighted by atomic mass is 10.1. The van der Waals surface area contributed by atoms with Crippen LogP contribution in [0.5, 0.6) is 0 Å². The Bertz CT molecular complexity index is 383. The number of Topliss-reactive ketones (excluding diaryl/α,β-unsaturated/α-hetero) is 1. The molecule has 0 bridgehead atoms. The fourth-order valence-electron chi connectivity index (χ4n) is 2.42. The molecule has 0 unspecified atom stereocenters. The number of hydrogen-bond acceptors (Lipinski definition) is 3. The average molecular weight is 266 g/mol. The van der Waals surface area contributed by atoms with Crippen LogP contribution < -0.4 is 0 Å². The van der Waals surface area contributed by atoms with Crippen LogP contribution in [0, 0.1) is 0 Å². The van der Waals surface area contributed by atoms with Crippen molar-refractivity contribution in [3.63, 3.8) is 0 Å². The zero-order valence-corrected chi connectivity index (χ0v) is 12.6. The van der Waals surface area contributed by atoms with Crippen LogP contribution in [0.1, 0.15) is 37.2 Å². The topological polar surface area (TPSA) is 34.5 Å². The summed E-state index contributed by atoms with van der Waals surface area (Å²) in [5, 5.41) is 0. The van der Waals surface area contributed by atoms with E-state index in [1.54, 1.807) is 7.11 Å². The Hall–Kier alpha value is -1.13. The van der Waals surface area contributed by atoms with Crippen molar-refractivity contribution in [1.82, 2.24) is 9.47 Å². The molecule has 0 fully saturated rings. The number of hydrogen-bond donors (Lipinski definition) is 0. The molecule has 0 aliphatic rings. The highest BCUT2D eigenvalue weighted by atomic mass is 16.5. The van der Waals surface area contributed by atoms with Gasteiger partial charge in [0.05, 0.1) is 18.8 Å². The second-order valence-corrected chi connectivity index (χ2v) is 4.86. The molecular weight excluding hydrogens is 240 g/mol. The third-order valence-corrected chi connectivity index (χ3v) is 3.62. The fourth-order valence-corrected chi connectivity index (χ4v) is 2.42. The number of carbonyl (C=O) groups is 1. The Kier molecular flexibility index (Phi) is 6.81. The molecule has 1 aromatic rings. The van der Waals surface area contributed by atoms with E-state index in [0.29, 0.717) is 19.2 Å². The number of nitrogens with zero attached hydrogens (tertiary/aromatic N) is 2. The van der Waals surface area contributed by atoms with E-state index >= 15 is 0 Å². The van der Waals surface area contributed by atoms with Gasteiger partial charge in [0.1, 0.15) is 0 Å². The Morgan fingerprint density at radius 2 is 2.11 bits per heavy atom. The average Bonchev–Trinajstić information content (AvgIpc) is 2.83. The van der Waals surface area contributed by atoms with Gasteiger partial charge < -0.3 is 9.30 Å². The molecule has 19 heavy (non-hydrogen) atoms. The van der Waals surface area contributed by atoms with Crippen LogP contribution in [-0.4, -0.2) is 48.1 Å². The Labute approximate surface area is 116 Å². The first-order valence-corrected chi connectivity index (χ1v) is 7.01. The van der Waals surface area contributed by atoms with E-state index in [1.165, 1.54) is 0 Å². The van der Waals surface area contributed by atoms with Gasteiger partial charge in [-0.2, -0.15) is 0 Å². The summed E-state index contributed by atoms with van der Waals surface area (Å²) in [6, 6.07) is 4.23. The van der Waals surface area contributed by atoms with Crippen molar-refractivity contribution in [3.05, 3.63) is 24.0 Å². The standard InChI is InChI=1S/C15H26N2O2/c1-5-13(6-2)17(10-11-19-4)12-15(18)14-8-7-9-16(14)3/h7-9,13H,5-6,10-12H2,1-4H3. The van der Waals surface area contributed by atoms with E-state index in [9.17, 15) is 4.79 Å². The maximum atomic E-state index is 12.3. The van der Waals surface area contributed by atoms with Gasteiger partial charge in [0, 0.05) is 32.9 Å². The predicted molar refractivity (Wildman–Crippen MR) is 77.6 cm³/mol. The summed E-state index contributed by atoms with van der Waals surface area (Å²) in [5.41, 5.74) is 0.772. The summed E-state index contributed by atoms with van der Waals surface area (Å²) in [5.74, 6) is 0.176. The summed E-state index contributed by atoms with van der Waals surface area (Å²) < 4.78 is 7.03. The minimum Gasteiger partial charge on any atom is -0.383 e. The number of ether oxygens (including phenoxy) is 1. The van der Waals surface area contributed by atoms with Crippen molar-refractivity contribution in [2.75, 3.05) is 26.8 Å². The highest BCUT2D eigenvalue weighted by molar-refractivity contribution is 5.96. The maximum absolute atomic E-state index is 12.3. The van der Waals surface area contributed by atoms with Crippen molar-refractivity contribution >= 4 is 5.78 Å². The van der Waals surface area contributed by atoms with Gasteiger partial charge in [-0.15, -0.1) is 0 Å². The SMILES string of the molecule is CCC(CC)N(CCOC)CC(=O)c1cccn1C. The molecule has 0 aliphatic heterocycles. The summed E-state index contributed by atoms with van der Waals surface area (Å²) in [6.45, 7) is 6.27. The van der Waals surface area contributed by atoms with Gasteiger partial charge in [0.15, 0.2) is 5.78 Å². The molecule has 1 rings (SSSR count). The lowest BCUT2D eigenvalue weighted by Gasteiger charge is -2.29. The molecule has 0 radical (unpaired) electrons. The molecule has 0 amide bonds. The Morgan fingerprint density at radius 3 is 2.58 bits per heavy atom. The third-order valence-electron chi connectivity index (χ3n) is 3.62. The van der Waals surface area contributed by atoms with Crippen molar-refractivity contribution in [3.8, 4) is 0 Å². The molecule has 108 valence electrons. The van der Waals surface area contributed by atoms with Gasteiger partial charge in [-0.25, -0.2) is 0 Å². The number of carbonyl (C=O) groups excluding carboxylic acids is 1. The normalized spacial score (nSPS) is 11.5. The zero-order valence-electron chi connectivity index (χ0n) is 12.6. The van der Waals surface area contributed by atoms with Crippen LogP contribution >= 0.6 is 0 Å². The number of rotatable bonds is 9. The molecule has 0 spiro atoms. The van der Waals surface area contributed by atoms with Gasteiger partial charge in [-0.1, -0.05) is 13.8 Å². The van der Waals surface area contributed by atoms with E-state index in [4.69, 9.17) is 4.74 Å². The molecule has 0 atom stereocenters. The molecule has 4 nitrogen and oxygen atoms in total. The van der Waals surface area contributed by atoms with Crippen LogP contribution in [0.2, 0.25) is 0 Å². The fraction of sp³-hybridized carbons (Fsp3) is 0.667. The first-order chi connectivity index (χ1) is 9.13. The third kappa shape index (κ3) is 4.48. The first kappa shape index (κ1) is 15.9. The van der Waals surface area contributed by atoms with E-state index in [1.807, 2.05) is 29.9 Å². The van der Waals surface area contributed by atoms with Crippen LogP contribution in [0.15, 0.2) is 18.3 Å². The van der Waals surface area contributed by atoms with Gasteiger partial charge in [0.2, 0.25) is 0 Å². The van der Waals surface area contributed by atoms with Crippen molar-refractivity contribution in [2.45, 2.75) is 32.7 Å². The highest BCUT2D eigenvalue weighted by Gasteiger charge is 2.19. The molecule has 0 N–H and O–H groups in total. The Balaban J connectivity index is 2.71. The number of aryl methyl sites for hydroxylation is 1. The smallest absolute Gasteiger partial charge is 0.193 e. The van der Waals surface area contributed by atoms with Crippen molar-refractivity contribution in [2.24, 2.45) is 7.05 Å². The number of methoxy groups -OCH3 is 1. The molecular formula is C15H26N2O2. The number of ketones is 1. The molecule has 0 aliphatic carbocycles. The highest BCUT2D eigenvalue weighted by Crippen LogP contribution is 2.10. The summed E-state index contributed by atoms with van der Waals surface area (Å²) >= 11 is 0. The molecule has 4 heteroatoms. The second kappa shape index (κ2) is 8.12. The van der Waals surface area contributed by atoms with Gasteiger partial charge >= 0.3 is 0 Å². The quantitative estimate of drug-likeness (QED) is 0.643.